The number of allylic oxidation sites excluding steroid dienone is 1. The Morgan fingerprint density at radius 1 is 1.05 bits per heavy atom. The van der Waals surface area contributed by atoms with Gasteiger partial charge >= 0.3 is 5.97 Å². The highest BCUT2D eigenvalue weighted by Gasteiger charge is 2.74. The predicted molar refractivity (Wildman–Crippen MR) is 154 cm³/mol. The number of benzene rings is 1. The van der Waals surface area contributed by atoms with Gasteiger partial charge in [-0.25, -0.2) is 0 Å². The highest BCUT2D eigenvalue weighted by molar-refractivity contribution is 5.99. The lowest BCUT2D eigenvalue weighted by Crippen LogP contribution is -2.59. The van der Waals surface area contributed by atoms with Gasteiger partial charge in [0.2, 0.25) is 17.7 Å². The Balaban J connectivity index is 1.61. The number of hydrogen-bond acceptors (Lipinski definition) is 7. The molecule has 0 radical (unpaired) electrons. The van der Waals surface area contributed by atoms with E-state index in [1.54, 1.807) is 35.9 Å². The van der Waals surface area contributed by atoms with Gasteiger partial charge in [0.05, 0.1) is 30.7 Å². The zero-order valence-corrected chi connectivity index (χ0v) is 24.9. The maximum absolute atomic E-state index is 14.3. The summed E-state index contributed by atoms with van der Waals surface area (Å²) < 4.78 is 12.6. The fourth-order valence-electron chi connectivity index (χ4n) is 6.84. The van der Waals surface area contributed by atoms with E-state index in [2.05, 4.69) is 0 Å². The second-order valence-electron chi connectivity index (χ2n) is 12.1. The minimum atomic E-state index is -1.36. The first kappa shape index (κ1) is 30.0. The van der Waals surface area contributed by atoms with Gasteiger partial charge in [0.25, 0.3) is 0 Å². The summed E-state index contributed by atoms with van der Waals surface area (Å²) in [5, 5.41) is 10.1. The molecule has 10 heteroatoms. The molecule has 42 heavy (non-hydrogen) atoms. The van der Waals surface area contributed by atoms with Crippen molar-refractivity contribution in [3.63, 3.8) is 0 Å². The minimum Gasteiger partial charge on any atom is -0.455 e. The van der Waals surface area contributed by atoms with Gasteiger partial charge in [-0.3, -0.25) is 19.2 Å². The van der Waals surface area contributed by atoms with E-state index in [0.29, 0.717) is 6.42 Å². The molecule has 0 aromatic heterocycles. The molecule has 1 aromatic carbocycles. The molecule has 4 aliphatic heterocycles. The molecule has 1 N–H and O–H groups in total. The second kappa shape index (κ2) is 11.6. The molecule has 10 nitrogen and oxygen atoms in total. The highest BCUT2D eigenvalue weighted by Crippen LogP contribution is 2.56. The summed E-state index contributed by atoms with van der Waals surface area (Å²) in [6, 6.07) is 6.80. The van der Waals surface area contributed by atoms with Gasteiger partial charge < -0.3 is 29.3 Å². The standard InChI is InChI=1S/C32H41N3O7/c1-19(2)34-17-11-7-10-14-24(37)33(5)21(4)27(22-12-8-6-9-13-22)41-31(40)25-23-15-16-32(42-23)26(25)29(38)35(20(3)18-36)28(32)30(34)39/h6-9,11-13,15-16,19-21,23,25-28,36H,10,14,17-18H2,1-5H3/b11-7-/t20-,21-,23+,25-,26-,27+,28+,32-/m1/s1. The molecule has 8 atom stereocenters. The van der Waals surface area contributed by atoms with Gasteiger partial charge in [-0.2, -0.15) is 0 Å². The number of likely N-dealkylation sites (tertiary alicyclic amines) is 1. The molecule has 2 saturated heterocycles. The fraction of sp³-hybridized carbons (Fsp3) is 0.562. The highest BCUT2D eigenvalue weighted by atomic mass is 16.6. The number of likely N-dealkylation sites (N-methyl/N-ethyl adjacent to an activating group) is 1. The number of carbonyl (C=O) groups excluding carboxylic acids is 4. The molecule has 226 valence electrons. The van der Waals surface area contributed by atoms with Crippen LogP contribution in [-0.4, -0.2) is 99.6 Å². The fourth-order valence-corrected chi connectivity index (χ4v) is 6.84. The number of carbonyl (C=O) groups is 4. The van der Waals surface area contributed by atoms with Crippen LogP contribution in [0.3, 0.4) is 0 Å². The molecule has 2 fully saturated rings. The van der Waals surface area contributed by atoms with Gasteiger partial charge in [0.1, 0.15) is 23.7 Å². The molecule has 0 aliphatic carbocycles. The number of ether oxygens (including phenoxy) is 2. The van der Waals surface area contributed by atoms with E-state index in [1.807, 2.05) is 63.3 Å². The zero-order chi connectivity index (χ0) is 30.3. The van der Waals surface area contributed by atoms with Crippen molar-refractivity contribution in [2.24, 2.45) is 11.8 Å². The lowest BCUT2D eigenvalue weighted by Gasteiger charge is -2.39. The topological polar surface area (TPSA) is 117 Å². The third-order valence-electron chi connectivity index (χ3n) is 9.27. The summed E-state index contributed by atoms with van der Waals surface area (Å²) >= 11 is 0. The minimum absolute atomic E-state index is 0.0988. The Labute approximate surface area is 246 Å². The number of amides is 3. The molecular weight excluding hydrogens is 538 g/mol. The van der Waals surface area contributed by atoms with Crippen molar-refractivity contribution in [3.05, 3.63) is 60.2 Å². The number of hydrogen-bond donors (Lipinski definition) is 1. The van der Waals surface area contributed by atoms with E-state index in [9.17, 15) is 24.3 Å². The summed E-state index contributed by atoms with van der Waals surface area (Å²) in [5.74, 6) is -3.44. The summed E-state index contributed by atoms with van der Waals surface area (Å²) in [5.41, 5.74) is -0.642. The Morgan fingerprint density at radius 3 is 2.43 bits per heavy atom. The zero-order valence-electron chi connectivity index (χ0n) is 24.9. The first-order chi connectivity index (χ1) is 20.0. The van der Waals surface area contributed by atoms with Gasteiger partial charge in [0.15, 0.2) is 0 Å². The van der Waals surface area contributed by atoms with Crippen molar-refractivity contribution in [2.45, 2.75) is 82.5 Å². The second-order valence-corrected chi connectivity index (χ2v) is 12.1. The SMILES string of the molecule is CC(C)N1C/C=C\CCC(=O)N(C)[C@H](C)[C@@H](c2ccccc2)OC(=O)[C@@H]2[C@@H]3C=C[C@]4(O3)[C@H](C1=O)N([C@H](C)CO)C(=O)[C@@H]24. The predicted octanol–water partition coefficient (Wildman–Crippen LogP) is 2.24. The maximum atomic E-state index is 14.3. The van der Waals surface area contributed by atoms with Crippen molar-refractivity contribution in [1.29, 1.82) is 0 Å². The number of cyclic esters (lactones) is 1. The number of aliphatic hydroxyl groups excluding tert-OH is 1. The van der Waals surface area contributed by atoms with Crippen molar-refractivity contribution in [2.75, 3.05) is 20.2 Å². The van der Waals surface area contributed by atoms with Crippen LogP contribution in [-0.2, 0) is 28.7 Å². The van der Waals surface area contributed by atoms with Gasteiger partial charge in [-0.15, -0.1) is 0 Å². The lowest BCUT2D eigenvalue weighted by atomic mass is 9.74. The third kappa shape index (κ3) is 4.84. The van der Waals surface area contributed by atoms with Crippen molar-refractivity contribution in [3.8, 4) is 0 Å². The smallest absolute Gasteiger partial charge is 0.313 e. The average Bonchev–Trinajstić information content (AvgIpc) is 3.63. The summed E-state index contributed by atoms with van der Waals surface area (Å²) in [6.07, 6.45) is 6.44. The van der Waals surface area contributed by atoms with Crippen LogP contribution >= 0.6 is 0 Å². The number of fused-ring (bicyclic) bond motifs is 2. The van der Waals surface area contributed by atoms with Crippen LogP contribution in [0.5, 0.6) is 0 Å². The van der Waals surface area contributed by atoms with Crippen molar-refractivity contribution < 1.29 is 33.8 Å². The third-order valence-corrected chi connectivity index (χ3v) is 9.27. The van der Waals surface area contributed by atoms with Crippen LogP contribution in [0.1, 0.15) is 52.2 Å². The van der Waals surface area contributed by atoms with E-state index < -0.39 is 59.6 Å². The van der Waals surface area contributed by atoms with Crippen molar-refractivity contribution in [1.82, 2.24) is 14.7 Å². The van der Waals surface area contributed by atoms with E-state index in [0.717, 1.165) is 5.56 Å². The Hall–Kier alpha value is -3.50. The van der Waals surface area contributed by atoms with Crippen LogP contribution in [0.2, 0.25) is 0 Å². The molecule has 3 amide bonds. The largest absolute Gasteiger partial charge is 0.455 e. The molecular formula is C32H41N3O7. The van der Waals surface area contributed by atoms with Gasteiger partial charge in [-0.1, -0.05) is 54.6 Å². The van der Waals surface area contributed by atoms with E-state index in [1.165, 1.54) is 4.90 Å². The molecule has 5 rings (SSSR count). The lowest BCUT2D eigenvalue weighted by molar-refractivity contribution is -0.164. The molecule has 1 aromatic rings. The Bertz CT molecular complexity index is 1280. The quantitative estimate of drug-likeness (QED) is 0.430. The Morgan fingerprint density at radius 2 is 1.76 bits per heavy atom. The van der Waals surface area contributed by atoms with Crippen LogP contribution < -0.4 is 0 Å². The molecule has 0 unspecified atom stereocenters. The van der Waals surface area contributed by atoms with Crippen LogP contribution in [0.25, 0.3) is 0 Å². The van der Waals surface area contributed by atoms with Crippen molar-refractivity contribution >= 4 is 23.7 Å². The average molecular weight is 580 g/mol. The van der Waals surface area contributed by atoms with Gasteiger partial charge in [0, 0.05) is 26.1 Å². The monoisotopic (exact) mass is 579 g/mol. The van der Waals surface area contributed by atoms with Crippen LogP contribution in [0, 0.1) is 11.8 Å². The molecule has 5 bridgehead atoms. The maximum Gasteiger partial charge on any atom is 0.313 e. The first-order valence-electron chi connectivity index (χ1n) is 14.8. The van der Waals surface area contributed by atoms with Crippen LogP contribution in [0.15, 0.2) is 54.6 Å². The number of aliphatic hydroxyl groups is 1. The number of nitrogens with zero attached hydrogens (tertiary/aromatic N) is 3. The Kier molecular flexibility index (Phi) is 8.31. The summed E-state index contributed by atoms with van der Waals surface area (Å²) in [7, 11) is 1.70. The number of esters is 1. The molecule has 0 saturated carbocycles. The van der Waals surface area contributed by atoms with E-state index in [4.69, 9.17) is 9.47 Å². The normalized spacial score (nSPS) is 35.2. The summed E-state index contributed by atoms with van der Waals surface area (Å²) in [6.45, 7) is 7.24. The molecule has 1 spiro atoms. The first-order valence-corrected chi connectivity index (χ1v) is 14.8. The van der Waals surface area contributed by atoms with Gasteiger partial charge in [-0.05, 0) is 39.7 Å². The number of rotatable bonds is 4. The van der Waals surface area contributed by atoms with Crippen LogP contribution in [0.4, 0.5) is 0 Å². The molecule has 4 aliphatic rings. The summed E-state index contributed by atoms with van der Waals surface area (Å²) in [4.78, 5) is 60.4. The molecule has 4 heterocycles. The van der Waals surface area contributed by atoms with E-state index in [-0.39, 0.29) is 37.4 Å². The van der Waals surface area contributed by atoms with E-state index >= 15 is 0 Å².